The molecule has 4 aromatic carbocycles. The lowest BCUT2D eigenvalue weighted by Gasteiger charge is -2.30. The van der Waals surface area contributed by atoms with Gasteiger partial charge in [-0.1, -0.05) is 24.3 Å². The van der Waals surface area contributed by atoms with Crippen LogP contribution in [0.4, 0.5) is 22.7 Å². The number of fused-ring (bicyclic) bond motifs is 4. The van der Waals surface area contributed by atoms with Gasteiger partial charge in [-0.05, 0) is 71.8 Å². The van der Waals surface area contributed by atoms with Gasteiger partial charge in [-0.2, -0.15) is 0 Å². The predicted molar refractivity (Wildman–Crippen MR) is 237 cm³/mol. The number of nitrogens with zero attached hydrogens (tertiary/aromatic N) is 3. The number of morpholine rings is 3. The van der Waals surface area contributed by atoms with Crippen LogP contribution in [-0.2, 0) is 27.1 Å². The average Bonchev–Trinajstić information content (AvgIpc) is 3.30. The number of hydrogen-bond donors (Lipinski definition) is 3. The van der Waals surface area contributed by atoms with E-state index in [-0.39, 0.29) is 11.1 Å². The molecular formula is C48H48N6O7. The number of H-pyrrole nitrogens is 2. The third-order valence-electron chi connectivity index (χ3n) is 11.9. The first-order chi connectivity index (χ1) is 29.9. The Balaban J connectivity index is 0.000000148. The molecular weight excluding hydrogens is 773 g/mol. The van der Waals surface area contributed by atoms with Gasteiger partial charge in [-0.25, -0.2) is 0 Å². The van der Waals surface area contributed by atoms with Gasteiger partial charge in [0.15, 0.2) is 0 Å². The molecule has 3 fully saturated rings. The van der Waals surface area contributed by atoms with Crippen molar-refractivity contribution < 1.29 is 23.7 Å². The second-order valence-electron chi connectivity index (χ2n) is 15.8. The molecule has 0 unspecified atom stereocenters. The monoisotopic (exact) mass is 820 g/mol. The van der Waals surface area contributed by atoms with Crippen molar-refractivity contribution >= 4 is 22.7 Å². The zero-order valence-corrected chi connectivity index (χ0v) is 33.9. The molecule has 13 heteroatoms. The number of anilines is 4. The van der Waals surface area contributed by atoms with Crippen LogP contribution in [0.25, 0.3) is 22.5 Å². The van der Waals surface area contributed by atoms with E-state index >= 15 is 0 Å². The number of aromatic amines is 2. The number of pyridine rings is 2. The van der Waals surface area contributed by atoms with Crippen LogP contribution in [0, 0.1) is 0 Å². The normalized spacial score (nSPS) is 16.8. The number of hydrogen-bond acceptors (Lipinski definition) is 11. The molecule has 13 nitrogen and oxygen atoms in total. The lowest BCUT2D eigenvalue weighted by atomic mass is 9.96. The van der Waals surface area contributed by atoms with Gasteiger partial charge in [0.05, 0.1) is 51.0 Å². The largest absolute Gasteiger partial charge is 0.456 e. The van der Waals surface area contributed by atoms with Crippen LogP contribution in [0.2, 0.25) is 0 Å². The van der Waals surface area contributed by atoms with Crippen molar-refractivity contribution in [2.24, 2.45) is 0 Å². The van der Waals surface area contributed by atoms with Crippen LogP contribution in [0.3, 0.4) is 0 Å². The van der Waals surface area contributed by atoms with Gasteiger partial charge >= 0.3 is 0 Å². The highest BCUT2D eigenvalue weighted by Gasteiger charge is 2.25. The van der Waals surface area contributed by atoms with E-state index in [1.165, 1.54) is 11.3 Å². The Morgan fingerprint density at radius 1 is 0.459 bits per heavy atom. The van der Waals surface area contributed by atoms with Crippen LogP contribution < -0.4 is 41.0 Å². The maximum Gasteiger partial charge on any atom is 0.250 e. The van der Waals surface area contributed by atoms with Crippen molar-refractivity contribution in [1.82, 2.24) is 9.97 Å². The molecule has 0 atom stereocenters. The molecule has 2 aromatic heterocycles. The summed E-state index contributed by atoms with van der Waals surface area (Å²) < 4.78 is 29.0. The zero-order chi connectivity index (χ0) is 41.3. The first kappa shape index (κ1) is 38.6. The maximum absolute atomic E-state index is 12.5. The van der Waals surface area contributed by atoms with Crippen molar-refractivity contribution in [3.63, 3.8) is 0 Å². The molecule has 61 heavy (non-hydrogen) atoms. The summed E-state index contributed by atoms with van der Waals surface area (Å²) in [6.45, 7) is 9.17. The Hall–Kier alpha value is -6.54. The lowest BCUT2D eigenvalue weighted by Crippen LogP contribution is -2.36. The van der Waals surface area contributed by atoms with E-state index in [1.54, 1.807) is 12.1 Å². The number of aromatic nitrogens is 2. The van der Waals surface area contributed by atoms with Crippen molar-refractivity contribution in [1.29, 1.82) is 0 Å². The van der Waals surface area contributed by atoms with Crippen LogP contribution in [0.1, 0.15) is 22.3 Å². The molecule has 4 N–H and O–H groups in total. The van der Waals surface area contributed by atoms with Crippen molar-refractivity contribution in [2.75, 3.05) is 99.3 Å². The van der Waals surface area contributed by atoms with Crippen LogP contribution in [-0.4, -0.2) is 88.9 Å². The van der Waals surface area contributed by atoms with Crippen molar-refractivity contribution in [2.45, 2.75) is 12.8 Å². The number of para-hydroxylation sites is 2. The Kier molecular flexibility index (Phi) is 10.7. The quantitative estimate of drug-likeness (QED) is 0.162. The third-order valence-corrected chi connectivity index (χ3v) is 11.9. The Labute approximate surface area is 353 Å². The van der Waals surface area contributed by atoms with Gasteiger partial charge in [0.25, 0.3) is 0 Å². The lowest BCUT2D eigenvalue weighted by molar-refractivity contribution is 0.122. The molecule has 0 bridgehead atoms. The molecule has 0 saturated carbocycles. The third kappa shape index (κ3) is 8.19. The highest BCUT2D eigenvalue weighted by molar-refractivity contribution is 5.76. The minimum absolute atomic E-state index is 0.113. The maximum atomic E-state index is 12.5. The molecule has 7 heterocycles. The summed E-state index contributed by atoms with van der Waals surface area (Å²) in [5.41, 5.74) is 17.2. The topological polar surface area (TPSA) is 148 Å². The number of nitrogens with one attached hydrogen (secondary N) is 2. The number of benzene rings is 4. The second-order valence-corrected chi connectivity index (χ2v) is 15.8. The van der Waals surface area contributed by atoms with Gasteiger partial charge < -0.3 is 54.1 Å². The van der Waals surface area contributed by atoms with Crippen molar-refractivity contribution in [3.05, 3.63) is 140 Å². The van der Waals surface area contributed by atoms with Crippen LogP contribution in [0.5, 0.6) is 23.0 Å². The van der Waals surface area contributed by atoms with Crippen LogP contribution >= 0.6 is 0 Å². The molecule has 0 aliphatic carbocycles. The molecule has 312 valence electrons. The molecule has 0 amide bonds. The van der Waals surface area contributed by atoms with E-state index < -0.39 is 0 Å². The molecule has 0 spiro atoms. The SMILES string of the molecule is Nc1ccc2c(c1)Cc1cccc(-c3cc(N4CCOCC4)cc(=O)[nH]3)c1O2.O=c1cc(N2CCOCC2)cc(-c2cccc3c2Oc2ccc(N4CCOCC4)cc2C3)[nH]1. The van der Waals surface area contributed by atoms with E-state index in [9.17, 15) is 9.59 Å². The van der Waals surface area contributed by atoms with E-state index in [4.69, 9.17) is 29.4 Å². The summed E-state index contributed by atoms with van der Waals surface area (Å²) in [7, 11) is 0. The van der Waals surface area contributed by atoms with Crippen molar-refractivity contribution in [3.8, 4) is 45.5 Å². The highest BCUT2D eigenvalue weighted by atomic mass is 16.5. The van der Waals surface area contributed by atoms with E-state index in [1.807, 2.05) is 54.6 Å². The molecule has 5 aliphatic heterocycles. The fourth-order valence-electron chi connectivity index (χ4n) is 8.76. The number of rotatable bonds is 5. The molecule has 5 aliphatic rings. The van der Waals surface area contributed by atoms with E-state index in [0.29, 0.717) is 26.4 Å². The fourth-order valence-corrected chi connectivity index (χ4v) is 8.76. The first-order valence-corrected chi connectivity index (χ1v) is 21.0. The number of nitrogens with two attached hydrogens (primary N) is 1. The zero-order valence-electron chi connectivity index (χ0n) is 33.9. The molecule has 3 saturated heterocycles. The van der Waals surface area contributed by atoms with E-state index in [0.717, 1.165) is 145 Å². The van der Waals surface area contributed by atoms with Gasteiger partial charge in [0.2, 0.25) is 11.1 Å². The standard InChI is InChI=1S/C26H27N3O4.C22H21N3O3/c30-25-17-21(29-8-12-32-13-9-29)16-23(27-25)22-3-1-2-18-14-19-15-20(28-6-10-31-11-7-28)4-5-24(19)33-26(18)22;23-16-4-5-20-15(11-16)10-14-2-1-3-18(22(14)28-20)19-12-17(13-21(26)24-19)25-6-8-27-9-7-25/h1-5,15-17H,6-14H2,(H,27,30);1-5,11-13H,6-10,23H2,(H,24,26). The average molecular weight is 821 g/mol. The smallest absolute Gasteiger partial charge is 0.250 e. The van der Waals surface area contributed by atoms with Gasteiger partial charge in [-0.15, -0.1) is 0 Å². The van der Waals surface area contributed by atoms with Gasteiger partial charge in [-0.3, -0.25) is 9.59 Å². The number of ether oxygens (including phenoxy) is 5. The summed E-state index contributed by atoms with van der Waals surface area (Å²) in [5.74, 6) is 3.29. The summed E-state index contributed by atoms with van der Waals surface area (Å²) in [4.78, 5) is 37.6. The minimum Gasteiger partial charge on any atom is -0.456 e. The summed E-state index contributed by atoms with van der Waals surface area (Å²) in [6.07, 6.45) is 1.54. The Morgan fingerprint density at radius 3 is 1.39 bits per heavy atom. The van der Waals surface area contributed by atoms with E-state index in [2.05, 4.69) is 55.0 Å². The molecule has 6 aromatic rings. The predicted octanol–water partition coefficient (Wildman–Crippen LogP) is 6.57. The van der Waals surface area contributed by atoms with Gasteiger partial charge in [0, 0.05) is 109 Å². The summed E-state index contributed by atoms with van der Waals surface area (Å²) >= 11 is 0. The minimum atomic E-state index is -0.124. The Bertz CT molecular complexity index is 2700. The van der Waals surface area contributed by atoms with Gasteiger partial charge in [0.1, 0.15) is 23.0 Å². The molecule has 11 rings (SSSR count). The van der Waals surface area contributed by atoms with Crippen LogP contribution in [0.15, 0.2) is 107 Å². The first-order valence-electron chi connectivity index (χ1n) is 21.0. The fraction of sp³-hybridized carbons (Fsp3) is 0.292. The summed E-state index contributed by atoms with van der Waals surface area (Å²) in [5, 5.41) is 0. The second kappa shape index (κ2) is 16.8. The number of nitrogen functional groups attached to an aromatic ring is 1. The summed E-state index contributed by atoms with van der Waals surface area (Å²) in [6, 6.07) is 31.7. The molecule has 0 radical (unpaired) electrons. The highest BCUT2D eigenvalue weighted by Crippen LogP contribution is 2.45. The Morgan fingerprint density at radius 2 is 0.902 bits per heavy atom.